The van der Waals surface area contributed by atoms with Gasteiger partial charge in [-0.25, -0.2) is 4.79 Å². The fourth-order valence-corrected chi connectivity index (χ4v) is 3.57. The lowest BCUT2D eigenvalue weighted by Gasteiger charge is -2.07. The molecule has 2 aromatic rings. The van der Waals surface area contributed by atoms with Gasteiger partial charge in [0.1, 0.15) is 6.10 Å². The van der Waals surface area contributed by atoms with E-state index in [0.717, 1.165) is 18.4 Å². The van der Waals surface area contributed by atoms with Crippen LogP contribution < -0.4 is 0 Å². The van der Waals surface area contributed by atoms with Crippen LogP contribution in [-0.2, 0) is 22.4 Å². The van der Waals surface area contributed by atoms with Crippen molar-refractivity contribution in [1.82, 2.24) is 0 Å². The highest BCUT2D eigenvalue weighted by molar-refractivity contribution is 5.76. The van der Waals surface area contributed by atoms with Gasteiger partial charge in [-0.3, -0.25) is 0 Å². The van der Waals surface area contributed by atoms with Gasteiger partial charge < -0.3 is 9.84 Å². The van der Waals surface area contributed by atoms with Gasteiger partial charge in [-0.05, 0) is 42.4 Å². The zero-order valence-electron chi connectivity index (χ0n) is 15.3. The number of unbranched alkanes of at least 4 members (excludes halogenated alkanes) is 5. The summed E-state index contributed by atoms with van der Waals surface area (Å²) in [6.45, 7) is 0. The summed E-state index contributed by atoms with van der Waals surface area (Å²) in [5, 5.41) is 9.04. The third-order valence-corrected chi connectivity index (χ3v) is 5.10. The van der Waals surface area contributed by atoms with E-state index < -0.39 is 12.1 Å². The molecule has 2 aromatic carbocycles. The van der Waals surface area contributed by atoms with E-state index in [1.165, 1.54) is 49.7 Å². The van der Waals surface area contributed by atoms with Gasteiger partial charge in [-0.2, -0.15) is 0 Å². The predicted octanol–water partition coefficient (Wildman–Crippen LogP) is 5.34. The molecule has 3 heteroatoms. The predicted molar refractivity (Wildman–Crippen MR) is 103 cm³/mol. The van der Waals surface area contributed by atoms with E-state index in [0.29, 0.717) is 0 Å². The van der Waals surface area contributed by atoms with Crippen molar-refractivity contribution < 1.29 is 14.6 Å². The third-order valence-electron chi connectivity index (χ3n) is 5.10. The molecule has 1 fully saturated rings. The summed E-state index contributed by atoms with van der Waals surface area (Å²) in [7, 11) is 0. The van der Waals surface area contributed by atoms with Gasteiger partial charge in [-0.1, -0.05) is 80.3 Å². The Kier molecular flexibility index (Phi) is 6.84. The van der Waals surface area contributed by atoms with E-state index in [-0.39, 0.29) is 6.10 Å². The lowest BCUT2D eigenvalue weighted by atomic mass is 9.97. The number of carboxylic acids is 1. The summed E-state index contributed by atoms with van der Waals surface area (Å²) in [5.74, 6) is -0.861. The molecule has 0 spiro atoms. The van der Waals surface area contributed by atoms with Crippen molar-refractivity contribution in [2.75, 3.05) is 0 Å². The summed E-state index contributed by atoms with van der Waals surface area (Å²) in [4.78, 5) is 11.0. The molecule has 2 unspecified atom stereocenters. The number of hydrogen-bond donors (Lipinski definition) is 1. The van der Waals surface area contributed by atoms with Crippen molar-refractivity contribution in [3.63, 3.8) is 0 Å². The Balaban J connectivity index is 1.30. The molecule has 26 heavy (non-hydrogen) atoms. The maximum absolute atomic E-state index is 11.0. The van der Waals surface area contributed by atoms with Crippen molar-refractivity contribution in [3.8, 4) is 0 Å². The lowest BCUT2D eigenvalue weighted by Crippen LogP contribution is -2.06. The van der Waals surface area contributed by atoms with Crippen molar-refractivity contribution in [2.45, 2.75) is 63.6 Å². The molecule has 0 aliphatic carbocycles. The Morgan fingerprint density at radius 3 is 2.12 bits per heavy atom. The first-order valence-electron chi connectivity index (χ1n) is 9.75. The lowest BCUT2D eigenvalue weighted by molar-refractivity contribution is -0.138. The molecular weight excluding hydrogens is 324 g/mol. The summed E-state index contributed by atoms with van der Waals surface area (Å²) in [6.07, 6.45) is 8.79. The van der Waals surface area contributed by atoms with Crippen LogP contribution in [0.1, 0.15) is 61.3 Å². The third kappa shape index (κ3) is 5.43. The quantitative estimate of drug-likeness (QED) is 0.439. The van der Waals surface area contributed by atoms with E-state index in [2.05, 4.69) is 36.4 Å². The second-order valence-corrected chi connectivity index (χ2v) is 7.12. The topological polar surface area (TPSA) is 49.8 Å². The number of aryl methyl sites for hydroxylation is 2. The van der Waals surface area contributed by atoms with E-state index in [9.17, 15) is 4.79 Å². The van der Waals surface area contributed by atoms with Gasteiger partial charge in [0.15, 0.2) is 6.10 Å². The number of aliphatic carboxylic acids is 1. The first kappa shape index (κ1) is 18.7. The van der Waals surface area contributed by atoms with Crippen LogP contribution in [0.5, 0.6) is 0 Å². The van der Waals surface area contributed by atoms with E-state index in [1.54, 1.807) is 0 Å². The molecule has 0 aromatic heterocycles. The molecule has 1 N–H and O–H groups in total. The highest BCUT2D eigenvalue weighted by atomic mass is 16.6. The SMILES string of the molecule is O=C(O)C1OC1c1ccccc1CCCCCCCCc1ccccc1. The average molecular weight is 352 g/mol. The summed E-state index contributed by atoms with van der Waals surface area (Å²) in [6, 6.07) is 18.8. The molecule has 1 heterocycles. The van der Waals surface area contributed by atoms with Crippen LogP contribution >= 0.6 is 0 Å². The van der Waals surface area contributed by atoms with Gasteiger partial charge in [0.05, 0.1) is 0 Å². The molecule has 0 saturated carbocycles. The molecule has 1 saturated heterocycles. The molecule has 1 aliphatic rings. The summed E-state index contributed by atoms with van der Waals surface area (Å²) >= 11 is 0. The second-order valence-electron chi connectivity index (χ2n) is 7.12. The fraction of sp³-hybridized carbons (Fsp3) is 0.435. The molecular formula is C23H28O3. The Morgan fingerprint density at radius 2 is 1.42 bits per heavy atom. The van der Waals surface area contributed by atoms with E-state index in [4.69, 9.17) is 9.84 Å². The minimum atomic E-state index is -0.861. The van der Waals surface area contributed by atoms with Crippen LogP contribution in [0.2, 0.25) is 0 Å². The fourth-order valence-electron chi connectivity index (χ4n) is 3.57. The van der Waals surface area contributed by atoms with Crippen LogP contribution in [0.15, 0.2) is 54.6 Å². The minimum Gasteiger partial charge on any atom is -0.479 e. The first-order valence-corrected chi connectivity index (χ1v) is 9.75. The number of benzene rings is 2. The van der Waals surface area contributed by atoms with Crippen molar-refractivity contribution in [1.29, 1.82) is 0 Å². The molecule has 2 atom stereocenters. The van der Waals surface area contributed by atoms with Crippen molar-refractivity contribution >= 4 is 5.97 Å². The van der Waals surface area contributed by atoms with Crippen LogP contribution in [0.4, 0.5) is 0 Å². The molecule has 0 amide bonds. The van der Waals surface area contributed by atoms with Gasteiger partial charge in [0.25, 0.3) is 0 Å². The first-order chi connectivity index (χ1) is 12.8. The average Bonchev–Trinajstić information content (AvgIpc) is 3.46. The number of hydrogen-bond acceptors (Lipinski definition) is 2. The Morgan fingerprint density at radius 1 is 0.808 bits per heavy atom. The van der Waals surface area contributed by atoms with Gasteiger partial charge in [0, 0.05) is 0 Å². The Labute approximate surface area is 156 Å². The van der Waals surface area contributed by atoms with E-state index in [1.807, 2.05) is 18.2 Å². The largest absolute Gasteiger partial charge is 0.479 e. The molecule has 3 nitrogen and oxygen atoms in total. The number of ether oxygens (including phenoxy) is 1. The van der Waals surface area contributed by atoms with Crippen LogP contribution in [0.25, 0.3) is 0 Å². The maximum atomic E-state index is 11.0. The summed E-state index contributed by atoms with van der Waals surface area (Å²) < 4.78 is 5.31. The maximum Gasteiger partial charge on any atom is 0.335 e. The van der Waals surface area contributed by atoms with Crippen LogP contribution in [-0.4, -0.2) is 17.2 Å². The van der Waals surface area contributed by atoms with Crippen LogP contribution in [0.3, 0.4) is 0 Å². The standard InChI is InChI=1S/C23H28O3/c24-23(25)22-21(26-22)20-17-11-10-16-19(20)15-9-4-2-1-3-6-12-18-13-7-5-8-14-18/h5,7-8,10-11,13-14,16-17,21-22H,1-4,6,9,12,15H2,(H,24,25). The second kappa shape index (κ2) is 9.54. The molecule has 138 valence electrons. The minimum absolute atomic E-state index is 0.248. The van der Waals surface area contributed by atoms with Gasteiger partial charge >= 0.3 is 5.97 Å². The number of rotatable bonds is 11. The molecule has 1 aliphatic heterocycles. The zero-order valence-corrected chi connectivity index (χ0v) is 15.3. The highest BCUT2D eigenvalue weighted by Gasteiger charge is 2.47. The number of epoxide rings is 1. The Bertz CT molecular complexity index is 696. The smallest absolute Gasteiger partial charge is 0.335 e. The monoisotopic (exact) mass is 352 g/mol. The highest BCUT2D eigenvalue weighted by Crippen LogP contribution is 2.40. The van der Waals surface area contributed by atoms with Gasteiger partial charge in [-0.15, -0.1) is 0 Å². The molecule has 0 bridgehead atoms. The van der Waals surface area contributed by atoms with Crippen LogP contribution in [0, 0.1) is 0 Å². The zero-order chi connectivity index (χ0) is 18.2. The number of carboxylic acid groups (broad SMARTS) is 1. The molecule has 3 rings (SSSR count). The van der Waals surface area contributed by atoms with Crippen molar-refractivity contribution in [2.24, 2.45) is 0 Å². The normalized spacial score (nSPS) is 18.6. The van der Waals surface area contributed by atoms with Crippen molar-refractivity contribution in [3.05, 3.63) is 71.3 Å². The van der Waals surface area contributed by atoms with E-state index >= 15 is 0 Å². The number of carbonyl (C=O) groups is 1. The summed E-state index contributed by atoms with van der Waals surface area (Å²) in [5.41, 5.74) is 3.74. The Hall–Kier alpha value is -2.13. The van der Waals surface area contributed by atoms with Gasteiger partial charge in [0.2, 0.25) is 0 Å². The molecule has 0 radical (unpaired) electrons.